The molecule has 1 aliphatic rings. The summed E-state index contributed by atoms with van der Waals surface area (Å²) in [6.45, 7) is 3.00. The lowest BCUT2D eigenvalue weighted by Gasteiger charge is -2.29. The molecule has 2 aromatic rings. The summed E-state index contributed by atoms with van der Waals surface area (Å²) in [5.41, 5.74) is 2.26. The molecule has 0 unspecified atom stereocenters. The first-order valence-electron chi connectivity index (χ1n) is 7.79. The number of esters is 2. The Morgan fingerprint density at radius 2 is 1.73 bits per heavy atom. The van der Waals surface area contributed by atoms with Gasteiger partial charge in [-0.15, -0.1) is 0 Å². The van der Waals surface area contributed by atoms with E-state index in [2.05, 4.69) is 15.3 Å². The lowest BCUT2D eigenvalue weighted by molar-refractivity contribution is -0.222. The molecule has 26 heavy (non-hydrogen) atoms. The van der Waals surface area contributed by atoms with Gasteiger partial charge in [-0.05, 0) is 24.5 Å². The molecule has 7 nitrogen and oxygen atoms in total. The van der Waals surface area contributed by atoms with Gasteiger partial charge < -0.3 is 14.8 Å². The zero-order valence-corrected chi connectivity index (χ0v) is 15.3. The molecular weight excluding hydrogens is 354 g/mol. The molecule has 0 radical (unpaired) electrons. The van der Waals surface area contributed by atoms with Crippen LogP contribution in [-0.2, 0) is 19.1 Å². The third-order valence-electron chi connectivity index (χ3n) is 3.50. The summed E-state index contributed by atoms with van der Waals surface area (Å²) in [6.07, 6.45) is 4.92. The largest absolute Gasteiger partial charge is 0.419 e. The Kier molecular flexibility index (Phi) is 4.94. The van der Waals surface area contributed by atoms with E-state index >= 15 is 0 Å². The van der Waals surface area contributed by atoms with Gasteiger partial charge >= 0.3 is 11.9 Å². The summed E-state index contributed by atoms with van der Waals surface area (Å²) in [6, 6.07) is 9.23. The number of ether oxygens (including phenoxy) is 2. The molecule has 0 spiro atoms. The van der Waals surface area contributed by atoms with E-state index in [0.29, 0.717) is 10.8 Å². The second kappa shape index (κ2) is 7.17. The van der Waals surface area contributed by atoms with E-state index in [1.807, 2.05) is 36.6 Å². The summed E-state index contributed by atoms with van der Waals surface area (Å²) < 4.78 is 10.1. The smallest absolute Gasteiger partial charge is 0.350 e. The number of anilines is 1. The lowest BCUT2D eigenvalue weighted by atomic mass is 10.1. The highest BCUT2D eigenvalue weighted by atomic mass is 32.2. The highest BCUT2D eigenvalue weighted by Crippen LogP contribution is 2.24. The van der Waals surface area contributed by atoms with Crippen LogP contribution in [-0.4, -0.2) is 33.9 Å². The minimum atomic E-state index is -1.25. The molecule has 0 aliphatic carbocycles. The maximum Gasteiger partial charge on any atom is 0.350 e. The number of hydrogen-bond acceptors (Lipinski definition) is 8. The zero-order valence-electron chi connectivity index (χ0n) is 14.5. The first-order valence-corrected chi connectivity index (χ1v) is 9.01. The third-order valence-corrected chi connectivity index (χ3v) is 4.06. The first kappa shape index (κ1) is 17.9. The van der Waals surface area contributed by atoms with Crippen molar-refractivity contribution in [1.29, 1.82) is 0 Å². The van der Waals surface area contributed by atoms with Gasteiger partial charge in [0.05, 0.1) is 5.69 Å². The minimum Gasteiger partial charge on any atom is -0.419 e. The van der Waals surface area contributed by atoms with Crippen molar-refractivity contribution in [3.8, 4) is 11.3 Å². The quantitative estimate of drug-likeness (QED) is 0.288. The van der Waals surface area contributed by atoms with E-state index in [1.54, 1.807) is 6.20 Å². The number of rotatable bonds is 4. The fraction of sp³-hybridized carbons (Fsp3) is 0.222. The molecule has 1 N–H and O–H groups in total. The number of benzene rings is 1. The van der Waals surface area contributed by atoms with Crippen LogP contribution in [0.25, 0.3) is 11.3 Å². The summed E-state index contributed by atoms with van der Waals surface area (Å²) in [4.78, 5) is 32.4. The van der Waals surface area contributed by atoms with Gasteiger partial charge in [-0.25, -0.2) is 19.6 Å². The third kappa shape index (κ3) is 4.02. The Morgan fingerprint density at radius 3 is 2.35 bits per heavy atom. The van der Waals surface area contributed by atoms with Crippen molar-refractivity contribution in [2.45, 2.75) is 24.8 Å². The van der Waals surface area contributed by atoms with Gasteiger partial charge in [0.1, 0.15) is 0 Å². The van der Waals surface area contributed by atoms with Crippen LogP contribution < -0.4 is 5.32 Å². The van der Waals surface area contributed by atoms with Gasteiger partial charge in [0.2, 0.25) is 0 Å². The number of aromatic nitrogens is 2. The van der Waals surface area contributed by atoms with Crippen LogP contribution in [0.5, 0.6) is 0 Å². The topological polar surface area (TPSA) is 90.4 Å². The molecule has 1 aromatic heterocycles. The van der Waals surface area contributed by atoms with E-state index in [0.717, 1.165) is 11.3 Å². The van der Waals surface area contributed by atoms with Gasteiger partial charge in [0, 0.05) is 37.5 Å². The number of nitrogens with one attached hydrogen (secondary N) is 1. The van der Waals surface area contributed by atoms with E-state index in [1.165, 1.54) is 31.8 Å². The fourth-order valence-electron chi connectivity index (χ4n) is 2.27. The van der Waals surface area contributed by atoms with Crippen molar-refractivity contribution in [3.05, 3.63) is 48.3 Å². The maximum atomic E-state index is 11.9. The number of carbonyl (C=O) groups is 2. The molecule has 134 valence electrons. The zero-order chi connectivity index (χ0) is 18.7. The standard InChI is InChI=1S/C18H17N3O4S/c1-18(2)24-15(22)13(16(23)25-18)10-20-12-6-4-11(5-7-12)14-8-9-19-17(21-14)26-3/h4-10,20H,1-3H3. The van der Waals surface area contributed by atoms with Gasteiger partial charge in [0.25, 0.3) is 5.79 Å². The fourth-order valence-corrected chi connectivity index (χ4v) is 2.63. The Labute approximate surface area is 154 Å². The van der Waals surface area contributed by atoms with Crippen molar-refractivity contribution in [2.24, 2.45) is 0 Å². The lowest BCUT2D eigenvalue weighted by Crippen LogP contribution is -2.42. The summed E-state index contributed by atoms with van der Waals surface area (Å²) in [5, 5.41) is 3.60. The molecule has 1 aliphatic heterocycles. The average molecular weight is 371 g/mol. The van der Waals surface area contributed by atoms with E-state index in [9.17, 15) is 9.59 Å². The molecule has 1 aromatic carbocycles. The monoisotopic (exact) mass is 371 g/mol. The van der Waals surface area contributed by atoms with Crippen LogP contribution in [0.2, 0.25) is 0 Å². The second-order valence-corrected chi connectivity index (χ2v) is 6.66. The Morgan fingerprint density at radius 1 is 1.08 bits per heavy atom. The van der Waals surface area contributed by atoms with Crippen molar-refractivity contribution < 1.29 is 19.1 Å². The van der Waals surface area contributed by atoms with Gasteiger partial charge in [-0.1, -0.05) is 23.9 Å². The van der Waals surface area contributed by atoms with E-state index in [-0.39, 0.29) is 5.57 Å². The molecule has 1 fully saturated rings. The maximum absolute atomic E-state index is 11.9. The van der Waals surface area contributed by atoms with Gasteiger partial charge in [-0.2, -0.15) is 0 Å². The molecule has 0 saturated carbocycles. The normalized spacial score (nSPS) is 15.9. The molecule has 0 amide bonds. The Balaban J connectivity index is 1.73. The average Bonchev–Trinajstić information content (AvgIpc) is 2.60. The molecule has 8 heteroatoms. The van der Waals surface area contributed by atoms with Crippen LogP contribution in [0, 0.1) is 0 Å². The second-order valence-electron chi connectivity index (χ2n) is 5.89. The molecule has 0 bridgehead atoms. The summed E-state index contributed by atoms with van der Waals surface area (Å²) in [5.74, 6) is -2.69. The molecule has 0 atom stereocenters. The Bertz CT molecular complexity index is 856. The van der Waals surface area contributed by atoms with E-state index in [4.69, 9.17) is 9.47 Å². The van der Waals surface area contributed by atoms with E-state index < -0.39 is 17.7 Å². The first-order chi connectivity index (χ1) is 12.4. The van der Waals surface area contributed by atoms with Crippen LogP contribution in [0.15, 0.2) is 53.5 Å². The minimum absolute atomic E-state index is 0.186. The van der Waals surface area contributed by atoms with Crippen LogP contribution >= 0.6 is 11.8 Å². The number of cyclic esters (lactones) is 2. The molecule has 1 saturated heterocycles. The summed E-state index contributed by atoms with van der Waals surface area (Å²) in [7, 11) is 0. The number of thioether (sulfide) groups is 1. The van der Waals surface area contributed by atoms with Crippen molar-refractivity contribution in [3.63, 3.8) is 0 Å². The van der Waals surface area contributed by atoms with Crippen molar-refractivity contribution in [1.82, 2.24) is 9.97 Å². The number of hydrogen-bond donors (Lipinski definition) is 1. The predicted molar refractivity (Wildman–Crippen MR) is 97.2 cm³/mol. The molecule has 3 rings (SSSR count). The summed E-state index contributed by atoms with van der Waals surface area (Å²) >= 11 is 1.48. The van der Waals surface area contributed by atoms with Crippen molar-refractivity contribution >= 4 is 29.4 Å². The van der Waals surface area contributed by atoms with Crippen molar-refractivity contribution in [2.75, 3.05) is 11.6 Å². The SMILES string of the molecule is CSc1nccc(-c2ccc(NC=C3C(=O)OC(C)(C)OC3=O)cc2)n1. The van der Waals surface area contributed by atoms with Crippen LogP contribution in [0.1, 0.15) is 13.8 Å². The molecular formula is C18H17N3O4S. The van der Waals surface area contributed by atoms with Gasteiger partial charge in [-0.3, -0.25) is 0 Å². The Hall–Kier alpha value is -2.87. The number of carbonyl (C=O) groups excluding carboxylic acids is 2. The number of nitrogens with zero attached hydrogens (tertiary/aromatic N) is 2. The molecule has 2 heterocycles. The van der Waals surface area contributed by atoms with Gasteiger partial charge in [0.15, 0.2) is 10.7 Å². The predicted octanol–water partition coefficient (Wildman–Crippen LogP) is 3.00. The highest BCUT2D eigenvalue weighted by Gasteiger charge is 2.38. The van der Waals surface area contributed by atoms with Crippen LogP contribution in [0.3, 0.4) is 0 Å². The van der Waals surface area contributed by atoms with Crippen LogP contribution in [0.4, 0.5) is 5.69 Å². The highest BCUT2D eigenvalue weighted by molar-refractivity contribution is 7.98.